The minimum absolute atomic E-state index is 0.202. The van der Waals surface area contributed by atoms with Gasteiger partial charge in [-0.1, -0.05) is 5.16 Å². The maximum absolute atomic E-state index is 12.2. The summed E-state index contributed by atoms with van der Waals surface area (Å²) in [5.74, 6) is 0.945. The van der Waals surface area contributed by atoms with Gasteiger partial charge in [-0.15, -0.1) is 11.3 Å². The molecule has 0 aliphatic carbocycles. The number of rotatable bonds is 7. The van der Waals surface area contributed by atoms with E-state index in [0.717, 1.165) is 4.88 Å². The molecule has 116 valence electrons. The minimum atomic E-state index is -3.56. The third kappa shape index (κ3) is 4.33. The molecule has 2 rings (SSSR count). The molecule has 0 aliphatic rings. The van der Waals surface area contributed by atoms with Gasteiger partial charge in [-0.25, -0.2) is 13.1 Å². The summed E-state index contributed by atoms with van der Waals surface area (Å²) in [5.41, 5.74) is 0. The molecule has 7 nitrogen and oxygen atoms in total. The van der Waals surface area contributed by atoms with Gasteiger partial charge in [0.2, 0.25) is 15.9 Å². The lowest BCUT2D eigenvalue weighted by Gasteiger charge is -2.03. The second-order valence-corrected chi connectivity index (χ2v) is 8.45. The lowest BCUT2D eigenvalue weighted by atomic mass is 10.4. The first-order chi connectivity index (χ1) is 9.92. The Hall–Kier alpha value is -0.810. The molecule has 0 atom stereocenters. The summed E-state index contributed by atoms with van der Waals surface area (Å²) >= 11 is 4.69. The highest BCUT2D eigenvalue weighted by molar-refractivity contribution is 9.11. The smallest absolute Gasteiger partial charge is 0.242 e. The van der Waals surface area contributed by atoms with Crippen molar-refractivity contribution in [2.45, 2.75) is 24.8 Å². The van der Waals surface area contributed by atoms with E-state index in [1.54, 1.807) is 13.0 Å². The number of sulfonamides is 1. The van der Waals surface area contributed by atoms with E-state index < -0.39 is 10.0 Å². The van der Waals surface area contributed by atoms with E-state index in [0.29, 0.717) is 28.5 Å². The molecule has 0 radical (unpaired) electrons. The fourth-order valence-corrected chi connectivity index (χ4v) is 5.38. The zero-order chi connectivity index (χ0) is 15.5. The first-order valence-corrected chi connectivity index (χ1v) is 9.23. The van der Waals surface area contributed by atoms with Crippen LogP contribution in [-0.2, 0) is 23.0 Å². The fourth-order valence-electron chi connectivity index (χ4n) is 1.65. The maximum Gasteiger partial charge on any atom is 0.242 e. The number of nitrogens with zero attached hydrogens (tertiary/aromatic N) is 2. The van der Waals surface area contributed by atoms with Crippen molar-refractivity contribution >= 4 is 37.3 Å². The highest BCUT2D eigenvalue weighted by Crippen LogP contribution is 2.31. The topological polar surface area (TPSA) is 97.1 Å². The standard InChI is InChI=1S/C11H15BrN4O3S2/c1-7-15-10(19-16-7)3-4-14-21(17,18)9-5-8(6-13-2)20-11(9)12/h5,13-14H,3-4,6H2,1-2H3. The number of halogens is 1. The van der Waals surface area contributed by atoms with Gasteiger partial charge in [0.1, 0.15) is 4.90 Å². The predicted octanol–water partition coefficient (Wildman–Crippen LogP) is 1.44. The van der Waals surface area contributed by atoms with Crippen molar-refractivity contribution < 1.29 is 12.9 Å². The van der Waals surface area contributed by atoms with E-state index in [1.165, 1.54) is 11.3 Å². The molecular formula is C11H15BrN4O3S2. The van der Waals surface area contributed by atoms with Gasteiger partial charge < -0.3 is 9.84 Å². The number of aromatic nitrogens is 2. The van der Waals surface area contributed by atoms with E-state index in [9.17, 15) is 8.42 Å². The number of hydrogen-bond donors (Lipinski definition) is 2. The van der Waals surface area contributed by atoms with Crippen LogP contribution in [-0.4, -0.2) is 32.2 Å². The van der Waals surface area contributed by atoms with Gasteiger partial charge >= 0.3 is 0 Å². The third-order valence-electron chi connectivity index (χ3n) is 2.55. The quantitative estimate of drug-likeness (QED) is 0.737. The molecule has 21 heavy (non-hydrogen) atoms. The van der Waals surface area contributed by atoms with Crippen LogP contribution in [0.15, 0.2) is 19.3 Å². The molecule has 0 fully saturated rings. The van der Waals surface area contributed by atoms with Crippen LogP contribution in [0.2, 0.25) is 0 Å². The fraction of sp³-hybridized carbons (Fsp3) is 0.455. The minimum Gasteiger partial charge on any atom is -0.339 e. The summed E-state index contributed by atoms with van der Waals surface area (Å²) in [4.78, 5) is 5.21. The zero-order valence-electron chi connectivity index (χ0n) is 11.5. The van der Waals surface area contributed by atoms with Crippen LogP contribution in [0.4, 0.5) is 0 Å². The summed E-state index contributed by atoms with van der Waals surface area (Å²) < 4.78 is 32.5. The molecule has 2 aromatic rings. The van der Waals surface area contributed by atoms with Crippen LogP contribution in [0.5, 0.6) is 0 Å². The average molecular weight is 395 g/mol. The van der Waals surface area contributed by atoms with Crippen LogP contribution >= 0.6 is 27.3 Å². The molecule has 0 spiro atoms. The molecule has 0 aliphatic heterocycles. The first-order valence-electron chi connectivity index (χ1n) is 6.14. The first kappa shape index (κ1) is 16.6. The van der Waals surface area contributed by atoms with Crippen molar-refractivity contribution in [3.63, 3.8) is 0 Å². The second-order valence-electron chi connectivity index (χ2n) is 4.26. The molecule has 2 aromatic heterocycles. The molecule has 0 bridgehead atoms. The van der Waals surface area contributed by atoms with Crippen LogP contribution < -0.4 is 10.0 Å². The van der Waals surface area contributed by atoms with Crippen LogP contribution in [0.25, 0.3) is 0 Å². The van der Waals surface area contributed by atoms with E-state index in [4.69, 9.17) is 4.52 Å². The molecule has 0 aromatic carbocycles. The summed E-state index contributed by atoms with van der Waals surface area (Å²) in [6, 6.07) is 1.66. The van der Waals surface area contributed by atoms with Crippen molar-refractivity contribution in [3.05, 3.63) is 26.4 Å². The highest BCUT2D eigenvalue weighted by atomic mass is 79.9. The van der Waals surface area contributed by atoms with Crippen molar-refractivity contribution in [2.24, 2.45) is 0 Å². The summed E-state index contributed by atoms with van der Waals surface area (Å²) in [6.07, 6.45) is 0.352. The van der Waals surface area contributed by atoms with Crippen LogP contribution in [0, 0.1) is 6.92 Å². The summed E-state index contributed by atoms with van der Waals surface area (Å²) in [7, 11) is -1.74. The van der Waals surface area contributed by atoms with Crippen LogP contribution in [0.1, 0.15) is 16.6 Å². The van der Waals surface area contributed by atoms with E-state index in [-0.39, 0.29) is 11.4 Å². The van der Waals surface area contributed by atoms with Crippen molar-refractivity contribution in [1.82, 2.24) is 20.2 Å². The molecule has 0 amide bonds. The lowest BCUT2D eigenvalue weighted by molar-refractivity contribution is 0.375. The number of thiophene rings is 1. The molecule has 0 unspecified atom stereocenters. The van der Waals surface area contributed by atoms with Crippen molar-refractivity contribution in [1.29, 1.82) is 0 Å². The van der Waals surface area contributed by atoms with Crippen LogP contribution in [0.3, 0.4) is 0 Å². The summed E-state index contributed by atoms with van der Waals surface area (Å²) in [5, 5.41) is 6.64. The Bertz CT molecular complexity index is 711. The SMILES string of the molecule is CNCc1cc(S(=O)(=O)NCCc2nc(C)no2)c(Br)s1. The van der Waals surface area contributed by atoms with E-state index >= 15 is 0 Å². The van der Waals surface area contributed by atoms with Gasteiger partial charge in [0, 0.05) is 24.4 Å². The van der Waals surface area contributed by atoms with Gasteiger partial charge in [-0.2, -0.15) is 4.98 Å². The Morgan fingerprint density at radius 1 is 1.48 bits per heavy atom. The molecule has 0 saturated carbocycles. The van der Waals surface area contributed by atoms with Gasteiger partial charge in [0.15, 0.2) is 5.82 Å². The van der Waals surface area contributed by atoms with Gasteiger partial charge in [0.05, 0.1) is 3.79 Å². The number of hydrogen-bond acceptors (Lipinski definition) is 7. The van der Waals surface area contributed by atoms with Crippen molar-refractivity contribution in [3.8, 4) is 0 Å². The number of nitrogens with one attached hydrogen (secondary N) is 2. The van der Waals surface area contributed by atoms with E-state index in [1.807, 2.05) is 7.05 Å². The second kappa shape index (κ2) is 6.97. The lowest BCUT2D eigenvalue weighted by Crippen LogP contribution is -2.26. The summed E-state index contributed by atoms with van der Waals surface area (Å²) in [6.45, 7) is 2.54. The predicted molar refractivity (Wildman–Crippen MR) is 82.7 cm³/mol. The normalized spacial score (nSPS) is 12.0. The number of aryl methyl sites for hydroxylation is 1. The Kier molecular flexibility index (Phi) is 5.49. The maximum atomic E-state index is 12.2. The molecular weight excluding hydrogens is 380 g/mol. The largest absolute Gasteiger partial charge is 0.339 e. The van der Waals surface area contributed by atoms with E-state index in [2.05, 4.69) is 36.1 Å². The van der Waals surface area contributed by atoms with Gasteiger partial charge in [0.25, 0.3) is 0 Å². The Morgan fingerprint density at radius 3 is 2.86 bits per heavy atom. The highest BCUT2D eigenvalue weighted by Gasteiger charge is 2.20. The van der Waals surface area contributed by atoms with Gasteiger partial charge in [-0.3, -0.25) is 0 Å². The van der Waals surface area contributed by atoms with Crippen molar-refractivity contribution in [2.75, 3.05) is 13.6 Å². The Balaban J connectivity index is 2.01. The third-order valence-corrected chi connectivity index (χ3v) is 6.26. The molecule has 2 N–H and O–H groups in total. The Morgan fingerprint density at radius 2 is 2.24 bits per heavy atom. The monoisotopic (exact) mass is 394 g/mol. The average Bonchev–Trinajstić information content (AvgIpc) is 2.96. The Labute approximate surface area is 135 Å². The van der Waals surface area contributed by atoms with Gasteiger partial charge in [-0.05, 0) is 36.0 Å². The molecule has 2 heterocycles. The zero-order valence-corrected chi connectivity index (χ0v) is 14.7. The molecule has 0 saturated heterocycles. The molecule has 10 heteroatoms.